The second-order valence-electron chi connectivity index (χ2n) is 3.97. The van der Waals surface area contributed by atoms with Crippen LogP contribution < -0.4 is 5.32 Å². The fourth-order valence-electron chi connectivity index (χ4n) is 1.30. The molecule has 1 rings (SSSR count). The van der Waals surface area contributed by atoms with Crippen LogP contribution in [0.25, 0.3) is 0 Å². The Bertz CT molecular complexity index is 581. The minimum atomic E-state index is -1.25. The molecule has 7 nitrogen and oxygen atoms in total. The number of hydrogen-bond acceptors (Lipinski definition) is 6. The number of amides is 2. The van der Waals surface area contributed by atoms with E-state index in [4.69, 9.17) is 21.7 Å². The Morgan fingerprint density at radius 2 is 2.14 bits per heavy atom. The first-order valence-electron chi connectivity index (χ1n) is 6.34. The van der Waals surface area contributed by atoms with Crippen molar-refractivity contribution in [1.82, 2.24) is 5.32 Å². The molecule has 1 unspecified atom stereocenters. The second-order valence-corrected chi connectivity index (χ2v) is 4.41. The lowest BCUT2D eigenvalue weighted by Gasteiger charge is -2.05. The first-order chi connectivity index (χ1) is 10.6. The van der Waals surface area contributed by atoms with Crippen molar-refractivity contribution in [1.29, 1.82) is 5.26 Å². The van der Waals surface area contributed by atoms with Crippen LogP contribution in [0.4, 0.5) is 4.79 Å². The summed E-state index contributed by atoms with van der Waals surface area (Å²) in [7, 11) is 0. The van der Waals surface area contributed by atoms with Crippen LogP contribution in [0.3, 0.4) is 0 Å². The van der Waals surface area contributed by atoms with Crippen LogP contribution in [0.15, 0.2) is 29.4 Å². The molecule has 22 heavy (non-hydrogen) atoms. The van der Waals surface area contributed by atoms with Crippen molar-refractivity contribution >= 4 is 29.8 Å². The van der Waals surface area contributed by atoms with Gasteiger partial charge >= 0.3 is 6.09 Å². The molecule has 0 aliphatic heterocycles. The number of alkyl carbamates (subject to hydrolysis) is 1. The van der Waals surface area contributed by atoms with Crippen molar-refractivity contribution in [3.63, 3.8) is 0 Å². The Labute approximate surface area is 132 Å². The first-order valence-corrected chi connectivity index (χ1v) is 6.71. The van der Waals surface area contributed by atoms with Crippen LogP contribution in [0.2, 0.25) is 5.02 Å². The number of ether oxygens (including phenoxy) is 1. The van der Waals surface area contributed by atoms with E-state index < -0.39 is 17.9 Å². The molecule has 0 heterocycles. The summed E-state index contributed by atoms with van der Waals surface area (Å²) in [6.07, 6.45) is 0.0908. The molecule has 0 spiro atoms. The molecule has 116 valence electrons. The number of hydrogen-bond donors (Lipinski definition) is 1. The topological polar surface area (TPSA) is 101 Å². The highest BCUT2D eigenvalue weighted by Gasteiger charge is 2.18. The van der Waals surface area contributed by atoms with Gasteiger partial charge in [0.2, 0.25) is 0 Å². The number of nitriles is 1. The predicted molar refractivity (Wildman–Crippen MR) is 79.0 cm³/mol. The molecule has 0 fully saturated rings. The molecule has 0 aliphatic rings. The molecule has 0 saturated carbocycles. The monoisotopic (exact) mass is 323 g/mol. The minimum absolute atomic E-state index is 0.120. The zero-order valence-electron chi connectivity index (χ0n) is 11.8. The van der Waals surface area contributed by atoms with E-state index in [0.29, 0.717) is 5.02 Å². The number of oxime groups is 1. The molecule has 1 aromatic carbocycles. The summed E-state index contributed by atoms with van der Waals surface area (Å²) in [5.74, 6) is -2.09. The lowest BCUT2D eigenvalue weighted by Crippen LogP contribution is -2.36. The predicted octanol–water partition coefficient (Wildman–Crippen LogP) is 2.25. The lowest BCUT2D eigenvalue weighted by atomic mass is 10.2. The molecule has 1 aromatic rings. The van der Waals surface area contributed by atoms with Crippen molar-refractivity contribution in [2.45, 2.75) is 13.5 Å². The number of carbonyl (C=O) groups is 2. The zero-order chi connectivity index (χ0) is 16.4. The van der Waals surface area contributed by atoms with Gasteiger partial charge in [-0.05, 0) is 24.6 Å². The van der Waals surface area contributed by atoms with Gasteiger partial charge in [0.25, 0.3) is 5.91 Å². The number of halogens is 1. The summed E-state index contributed by atoms with van der Waals surface area (Å²) in [6.45, 7) is 1.87. The number of nitrogens with zero attached hydrogens (tertiary/aromatic N) is 2. The zero-order valence-corrected chi connectivity index (χ0v) is 12.5. The summed E-state index contributed by atoms with van der Waals surface area (Å²) in [4.78, 5) is 27.6. The summed E-state index contributed by atoms with van der Waals surface area (Å²) < 4.78 is 4.53. The van der Waals surface area contributed by atoms with Gasteiger partial charge in [-0.25, -0.2) is 4.79 Å². The van der Waals surface area contributed by atoms with Gasteiger partial charge in [-0.1, -0.05) is 28.9 Å². The highest BCUT2D eigenvalue weighted by atomic mass is 35.5. The maximum atomic E-state index is 11.6. The van der Waals surface area contributed by atoms with Crippen LogP contribution in [-0.2, 0) is 21.0 Å². The Morgan fingerprint density at radius 1 is 1.45 bits per heavy atom. The van der Waals surface area contributed by atoms with Gasteiger partial charge < -0.3 is 9.57 Å². The Kier molecular flexibility index (Phi) is 7.43. The molecular weight excluding hydrogens is 310 g/mol. The highest BCUT2D eigenvalue weighted by molar-refractivity contribution is 6.30. The number of rotatable bonds is 6. The van der Waals surface area contributed by atoms with Gasteiger partial charge in [-0.3, -0.25) is 10.1 Å². The van der Waals surface area contributed by atoms with Crippen LogP contribution in [0.5, 0.6) is 0 Å². The number of imide groups is 1. The Balaban J connectivity index is 2.45. The van der Waals surface area contributed by atoms with E-state index in [1.165, 1.54) is 0 Å². The Morgan fingerprint density at radius 3 is 2.73 bits per heavy atom. The van der Waals surface area contributed by atoms with E-state index in [-0.39, 0.29) is 13.2 Å². The van der Waals surface area contributed by atoms with Crippen molar-refractivity contribution in [3.8, 4) is 6.07 Å². The van der Waals surface area contributed by atoms with Crippen LogP contribution in [0.1, 0.15) is 12.5 Å². The third-order valence-corrected chi connectivity index (χ3v) is 2.60. The molecule has 1 atom stereocenters. The third kappa shape index (κ3) is 6.24. The maximum absolute atomic E-state index is 11.6. The first kappa shape index (κ1) is 17.5. The van der Waals surface area contributed by atoms with E-state index in [1.807, 2.05) is 5.32 Å². The van der Waals surface area contributed by atoms with Crippen LogP contribution >= 0.6 is 11.6 Å². The smallest absolute Gasteiger partial charge is 0.413 e. The van der Waals surface area contributed by atoms with E-state index in [0.717, 1.165) is 11.8 Å². The molecule has 2 amide bonds. The average Bonchev–Trinajstić information content (AvgIpc) is 2.49. The van der Waals surface area contributed by atoms with Crippen molar-refractivity contribution in [2.24, 2.45) is 11.1 Å². The van der Waals surface area contributed by atoms with E-state index in [9.17, 15) is 9.59 Å². The van der Waals surface area contributed by atoms with Crippen molar-refractivity contribution < 1.29 is 19.2 Å². The number of benzene rings is 1. The summed E-state index contributed by atoms with van der Waals surface area (Å²) in [6, 6.07) is 8.61. The van der Waals surface area contributed by atoms with Gasteiger partial charge in [0.15, 0.2) is 5.92 Å². The standard InChI is InChI=1S/C14H14ClN3O4/c1-2-21-14(20)18-13(19)11(7-16)8-17-22-9-10-3-5-12(15)6-4-10/h3-6,8,11H,2,9H2,1H3,(H,18,19,20). The highest BCUT2D eigenvalue weighted by Crippen LogP contribution is 2.10. The van der Waals surface area contributed by atoms with Gasteiger partial charge in [-0.2, -0.15) is 5.26 Å². The summed E-state index contributed by atoms with van der Waals surface area (Å²) >= 11 is 5.74. The van der Waals surface area contributed by atoms with Gasteiger partial charge in [0.05, 0.1) is 18.9 Å². The van der Waals surface area contributed by atoms with E-state index in [2.05, 4.69) is 9.89 Å². The molecule has 0 radical (unpaired) electrons. The molecule has 1 N–H and O–H groups in total. The normalized spacial score (nSPS) is 11.5. The van der Waals surface area contributed by atoms with Gasteiger partial charge in [-0.15, -0.1) is 0 Å². The fourth-order valence-corrected chi connectivity index (χ4v) is 1.43. The van der Waals surface area contributed by atoms with Crippen LogP contribution in [0, 0.1) is 17.2 Å². The number of nitrogens with one attached hydrogen (secondary N) is 1. The SMILES string of the molecule is CCOC(=O)NC(=O)C(C#N)C=NOCc1ccc(Cl)cc1. The minimum Gasteiger partial charge on any atom is -0.450 e. The Hall–Kier alpha value is -2.59. The second kappa shape index (κ2) is 9.37. The van der Waals surface area contributed by atoms with Gasteiger partial charge in [0.1, 0.15) is 6.61 Å². The van der Waals surface area contributed by atoms with E-state index in [1.54, 1.807) is 37.3 Å². The quantitative estimate of drug-likeness (QED) is 0.639. The lowest BCUT2D eigenvalue weighted by molar-refractivity contribution is -0.121. The van der Waals surface area contributed by atoms with Crippen LogP contribution in [-0.4, -0.2) is 24.8 Å². The fraction of sp³-hybridized carbons (Fsp3) is 0.286. The molecule has 0 aliphatic carbocycles. The summed E-state index contributed by atoms with van der Waals surface area (Å²) in [5, 5.41) is 14.9. The van der Waals surface area contributed by atoms with Crippen molar-refractivity contribution in [3.05, 3.63) is 34.9 Å². The average molecular weight is 324 g/mol. The number of carbonyl (C=O) groups excluding carboxylic acids is 2. The van der Waals surface area contributed by atoms with Crippen molar-refractivity contribution in [2.75, 3.05) is 6.61 Å². The largest absolute Gasteiger partial charge is 0.450 e. The summed E-state index contributed by atoms with van der Waals surface area (Å²) in [5.41, 5.74) is 0.825. The molecule has 0 saturated heterocycles. The van der Waals surface area contributed by atoms with E-state index >= 15 is 0 Å². The molecular formula is C14H14ClN3O4. The molecule has 0 bridgehead atoms. The third-order valence-electron chi connectivity index (χ3n) is 2.35. The molecule has 0 aromatic heterocycles. The molecule has 8 heteroatoms. The maximum Gasteiger partial charge on any atom is 0.413 e. The van der Waals surface area contributed by atoms with Gasteiger partial charge in [0, 0.05) is 5.02 Å².